The summed E-state index contributed by atoms with van der Waals surface area (Å²) in [5.74, 6) is -1.62. The van der Waals surface area contributed by atoms with Crippen molar-refractivity contribution in [2.45, 2.75) is 13.3 Å². The number of rotatable bonds is 13. The lowest BCUT2D eigenvalue weighted by atomic mass is 10.00. The van der Waals surface area contributed by atoms with E-state index in [4.69, 9.17) is 18.9 Å². The molecule has 1 aliphatic heterocycles. The number of carboxylic acids is 1. The second kappa shape index (κ2) is 12.3. The average molecular weight is 622 g/mol. The number of aliphatic carboxylic acids is 1. The molecule has 1 aromatic carbocycles. The predicted octanol–water partition coefficient (Wildman–Crippen LogP) is 3.29. The first kappa shape index (κ1) is 28.0. The van der Waals surface area contributed by atoms with E-state index in [2.05, 4.69) is 47.2 Å². The zero-order valence-electron chi connectivity index (χ0n) is 20.7. The molecule has 39 heavy (non-hydrogen) atoms. The Morgan fingerprint density at radius 2 is 1.87 bits per heavy atom. The molecule has 0 saturated heterocycles. The number of ether oxygens (including phenoxy) is 4. The van der Waals surface area contributed by atoms with E-state index in [1.165, 1.54) is 6.92 Å². The fourth-order valence-corrected chi connectivity index (χ4v) is 4.87. The van der Waals surface area contributed by atoms with Crippen molar-refractivity contribution >= 4 is 37.7 Å². The number of nitrogens with one attached hydrogen (secondary N) is 1. The third-order valence-electron chi connectivity index (χ3n) is 5.44. The standard InChI is InChI=1S/C24H24BrN5O8S/c1-14(2)17(23(31)32)5-8-39(33,34)30-21-20(15-3-4-18-19(9-15)38-13-37-18)22(29-12-28-21)35-6-7-36-24-26-10-16(25)11-27-24/h3-4,9-12,17H,1,5-8,13H2,2H3,(H,31,32)(H,28,29,30). The number of aromatic nitrogens is 4. The Bertz CT molecular complexity index is 1460. The molecule has 15 heteroatoms. The number of halogens is 1. The summed E-state index contributed by atoms with van der Waals surface area (Å²) in [6.07, 6.45) is 4.07. The van der Waals surface area contributed by atoms with Crippen molar-refractivity contribution in [1.29, 1.82) is 0 Å². The molecule has 0 saturated carbocycles. The van der Waals surface area contributed by atoms with Crippen LogP contribution in [0.3, 0.4) is 0 Å². The summed E-state index contributed by atoms with van der Waals surface area (Å²) in [4.78, 5) is 27.8. The van der Waals surface area contributed by atoms with Crippen molar-refractivity contribution in [3.05, 3.63) is 53.5 Å². The SMILES string of the molecule is C=C(C)C(CCS(=O)(=O)Nc1ncnc(OCCOc2ncc(Br)cn2)c1-c1ccc2c(c1)OCO2)C(=O)O. The van der Waals surface area contributed by atoms with Gasteiger partial charge in [0, 0.05) is 12.4 Å². The Morgan fingerprint density at radius 1 is 1.15 bits per heavy atom. The van der Waals surface area contributed by atoms with Gasteiger partial charge in [0.1, 0.15) is 19.5 Å². The van der Waals surface area contributed by atoms with Gasteiger partial charge in [-0.25, -0.2) is 28.4 Å². The topological polar surface area (TPSA) is 172 Å². The monoisotopic (exact) mass is 621 g/mol. The van der Waals surface area contributed by atoms with Gasteiger partial charge >= 0.3 is 12.0 Å². The molecule has 3 heterocycles. The van der Waals surface area contributed by atoms with Crippen molar-refractivity contribution in [2.75, 3.05) is 30.5 Å². The number of carbonyl (C=O) groups is 1. The molecule has 0 bridgehead atoms. The van der Waals surface area contributed by atoms with Gasteiger partial charge in [0.05, 0.1) is 21.7 Å². The molecular weight excluding hydrogens is 598 g/mol. The Morgan fingerprint density at radius 3 is 2.59 bits per heavy atom. The maximum absolute atomic E-state index is 13.0. The Labute approximate surface area is 232 Å². The summed E-state index contributed by atoms with van der Waals surface area (Å²) in [5, 5.41) is 9.37. The third kappa shape index (κ3) is 7.32. The van der Waals surface area contributed by atoms with Gasteiger partial charge in [-0.15, -0.1) is 0 Å². The number of fused-ring (bicyclic) bond motifs is 1. The van der Waals surface area contributed by atoms with E-state index >= 15 is 0 Å². The minimum absolute atomic E-state index is 0.0269. The minimum Gasteiger partial charge on any atom is -0.481 e. The van der Waals surface area contributed by atoms with Crippen molar-refractivity contribution in [1.82, 2.24) is 19.9 Å². The normalized spacial score (nSPS) is 13.0. The smallest absolute Gasteiger partial charge is 0.316 e. The summed E-state index contributed by atoms with van der Waals surface area (Å²) in [6.45, 7) is 5.33. The summed E-state index contributed by atoms with van der Waals surface area (Å²) in [6, 6.07) is 5.16. The lowest BCUT2D eigenvalue weighted by molar-refractivity contribution is -0.140. The fourth-order valence-electron chi connectivity index (χ4n) is 3.57. The van der Waals surface area contributed by atoms with E-state index in [1.807, 2.05) is 0 Å². The Balaban J connectivity index is 1.57. The Hall–Kier alpha value is -3.98. The molecule has 4 rings (SSSR count). The summed E-state index contributed by atoms with van der Waals surface area (Å²) < 4.78 is 51.2. The molecule has 0 fully saturated rings. The molecule has 13 nitrogen and oxygen atoms in total. The van der Waals surface area contributed by atoms with Crippen LogP contribution in [0, 0.1) is 5.92 Å². The summed E-state index contributed by atoms with van der Waals surface area (Å²) >= 11 is 3.25. The van der Waals surface area contributed by atoms with Gasteiger partial charge in [0.2, 0.25) is 22.7 Å². The van der Waals surface area contributed by atoms with Crippen LogP contribution in [0.1, 0.15) is 13.3 Å². The van der Waals surface area contributed by atoms with Crippen LogP contribution >= 0.6 is 15.9 Å². The molecule has 1 unspecified atom stereocenters. The van der Waals surface area contributed by atoms with Crippen LogP contribution in [-0.2, 0) is 14.8 Å². The van der Waals surface area contributed by atoms with Crippen LogP contribution in [0.2, 0.25) is 0 Å². The van der Waals surface area contributed by atoms with Crippen LogP contribution < -0.4 is 23.7 Å². The summed E-state index contributed by atoms with van der Waals surface area (Å²) in [7, 11) is -4.02. The zero-order valence-corrected chi connectivity index (χ0v) is 23.1. The molecule has 0 amide bonds. The highest BCUT2D eigenvalue weighted by Crippen LogP contribution is 2.40. The maximum Gasteiger partial charge on any atom is 0.316 e. The molecule has 1 aliphatic rings. The maximum atomic E-state index is 13.0. The second-order valence-electron chi connectivity index (χ2n) is 8.30. The first-order valence-electron chi connectivity index (χ1n) is 11.5. The van der Waals surface area contributed by atoms with Gasteiger partial charge in [0.15, 0.2) is 17.3 Å². The lowest BCUT2D eigenvalue weighted by Gasteiger charge is -2.17. The highest BCUT2D eigenvalue weighted by atomic mass is 79.9. The van der Waals surface area contributed by atoms with Crippen LogP contribution in [0.25, 0.3) is 11.1 Å². The minimum atomic E-state index is -4.02. The van der Waals surface area contributed by atoms with E-state index < -0.39 is 27.7 Å². The van der Waals surface area contributed by atoms with Gasteiger partial charge < -0.3 is 24.1 Å². The van der Waals surface area contributed by atoms with Crippen molar-refractivity contribution in [2.24, 2.45) is 5.92 Å². The molecular formula is C24H24BrN5O8S. The first-order valence-corrected chi connectivity index (χ1v) is 13.9. The van der Waals surface area contributed by atoms with E-state index in [0.29, 0.717) is 27.1 Å². The quantitative estimate of drug-likeness (QED) is 0.211. The molecule has 0 spiro atoms. The van der Waals surface area contributed by atoms with Crippen LogP contribution in [0.4, 0.5) is 5.82 Å². The number of benzene rings is 1. The highest BCUT2D eigenvalue weighted by Gasteiger charge is 2.25. The van der Waals surface area contributed by atoms with Crippen molar-refractivity contribution < 1.29 is 37.3 Å². The van der Waals surface area contributed by atoms with Gasteiger partial charge in [-0.3, -0.25) is 9.52 Å². The van der Waals surface area contributed by atoms with Crippen LogP contribution in [0.5, 0.6) is 23.4 Å². The molecule has 2 aromatic heterocycles. The molecule has 1 atom stereocenters. The van der Waals surface area contributed by atoms with E-state index in [0.717, 1.165) is 6.33 Å². The number of hydrogen-bond acceptors (Lipinski definition) is 11. The summed E-state index contributed by atoms with van der Waals surface area (Å²) in [5.41, 5.74) is 1.09. The van der Waals surface area contributed by atoms with Crippen LogP contribution in [-0.4, -0.2) is 65.2 Å². The van der Waals surface area contributed by atoms with E-state index in [-0.39, 0.29) is 49.7 Å². The lowest BCUT2D eigenvalue weighted by Crippen LogP contribution is -2.23. The Kier molecular flexibility index (Phi) is 8.81. The average Bonchev–Trinajstić information content (AvgIpc) is 3.35. The molecule has 0 aliphatic carbocycles. The third-order valence-corrected chi connectivity index (χ3v) is 7.13. The predicted molar refractivity (Wildman–Crippen MR) is 142 cm³/mol. The van der Waals surface area contributed by atoms with E-state index in [9.17, 15) is 18.3 Å². The molecule has 0 radical (unpaired) electrons. The molecule has 206 valence electrons. The van der Waals surface area contributed by atoms with Gasteiger partial charge in [-0.05, 0) is 47.0 Å². The molecule has 2 N–H and O–H groups in total. The zero-order chi connectivity index (χ0) is 28.0. The van der Waals surface area contributed by atoms with Gasteiger partial charge in [-0.1, -0.05) is 18.2 Å². The van der Waals surface area contributed by atoms with Crippen molar-refractivity contribution in [3.63, 3.8) is 0 Å². The number of nitrogens with zero attached hydrogens (tertiary/aromatic N) is 4. The largest absolute Gasteiger partial charge is 0.481 e. The first-order chi connectivity index (χ1) is 18.6. The van der Waals surface area contributed by atoms with Gasteiger partial charge in [-0.2, -0.15) is 0 Å². The number of carboxylic acid groups (broad SMARTS) is 1. The number of hydrogen-bond donors (Lipinski definition) is 2. The molecule has 3 aromatic rings. The second-order valence-corrected chi connectivity index (χ2v) is 11.1. The van der Waals surface area contributed by atoms with Crippen LogP contribution in [0.15, 0.2) is 53.5 Å². The highest BCUT2D eigenvalue weighted by molar-refractivity contribution is 9.10. The number of anilines is 1. The van der Waals surface area contributed by atoms with E-state index in [1.54, 1.807) is 30.6 Å². The van der Waals surface area contributed by atoms with Gasteiger partial charge in [0.25, 0.3) is 0 Å². The van der Waals surface area contributed by atoms with Crippen molar-refractivity contribution in [3.8, 4) is 34.5 Å². The number of sulfonamides is 1. The fraction of sp³-hybridized carbons (Fsp3) is 0.292.